The largest absolute Gasteiger partial charge is 0.355 e. The molecule has 0 aliphatic carbocycles. The molecule has 0 radical (unpaired) electrons. The highest BCUT2D eigenvalue weighted by Gasteiger charge is 2.31. The highest BCUT2D eigenvalue weighted by molar-refractivity contribution is 6.30. The second kappa shape index (κ2) is 8.06. The van der Waals surface area contributed by atoms with Gasteiger partial charge in [0.1, 0.15) is 5.82 Å². The molecule has 4 rings (SSSR count). The summed E-state index contributed by atoms with van der Waals surface area (Å²) >= 11 is 5.95. The van der Waals surface area contributed by atoms with Crippen molar-refractivity contribution in [2.75, 3.05) is 36.4 Å². The SMILES string of the molecule is O=C(Nc1cccc(Cl)c1)c1ccc(N2CCCC(N3CCNC3=O)C2)nc1. The van der Waals surface area contributed by atoms with Crippen molar-refractivity contribution < 1.29 is 9.59 Å². The molecule has 2 fully saturated rings. The van der Waals surface area contributed by atoms with E-state index in [1.165, 1.54) is 0 Å². The Labute approximate surface area is 168 Å². The summed E-state index contributed by atoms with van der Waals surface area (Å²) in [7, 11) is 0. The third kappa shape index (κ3) is 4.04. The van der Waals surface area contributed by atoms with E-state index < -0.39 is 0 Å². The Morgan fingerprint density at radius 1 is 1.25 bits per heavy atom. The maximum absolute atomic E-state index is 12.4. The Balaban J connectivity index is 1.41. The van der Waals surface area contributed by atoms with E-state index in [1.807, 2.05) is 11.0 Å². The molecule has 28 heavy (non-hydrogen) atoms. The topological polar surface area (TPSA) is 77.6 Å². The van der Waals surface area contributed by atoms with Crippen molar-refractivity contribution in [2.45, 2.75) is 18.9 Å². The van der Waals surface area contributed by atoms with Crippen molar-refractivity contribution in [1.82, 2.24) is 15.2 Å². The molecule has 0 bridgehead atoms. The fourth-order valence-corrected chi connectivity index (χ4v) is 3.92. The number of hydrogen-bond donors (Lipinski definition) is 2. The van der Waals surface area contributed by atoms with Crippen LogP contribution < -0.4 is 15.5 Å². The van der Waals surface area contributed by atoms with Crippen LogP contribution in [0.5, 0.6) is 0 Å². The van der Waals surface area contributed by atoms with Crippen molar-refractivity contribution in [2.24, 2.45) is 0 Å². The van der Waals surface area contributed by atoms with Crippen molar-refractivity contribution >= 4 is 35.0 Å². The number of nitrogens with one attached hydrogen (secondary N) is 2. The van der Waals surface area contributed by atoms with Gasteiger partial charge in [0.25, 0.3) is 5.91 Å². The van der Waals surface area contributed by atoms with Gasteiger partial charge in [-0.3, -0.25) is 4.79 Å². The van der Waals surface area contributed by atoms with Gasteiger partial charge in [-0.15, -0.1) is 0 Å². The predicted molar refractivity (Wildman–Crippen MR) is 109 cm³/mol. The van der Waals surface area contributed by atoms with Crippen LogP contribution in [0.1, 0.15) is 23.2 Å². The van der Waals surface area contributed by atoms with Crippen LogP contribution in [0.15, 0.2) is 42.6 Å². The Kier molecular flexibility index (Phi) is 5.34. The molecule has 1 aromatic heterocycles. The fourth-order valence-electron chi connectivity index (χ4n) is 3.73. The molecule has 146 valence electrons. The number of pyridine rings is 1. The maximum Gasteiger partial charge on any atom is 0.317 e. The average molecular weight is 400 g/mol. The molecule has 0 saturated carbocycles. The number of urea groups is 1. The van der Waals surface area contributed by atoms with E-state index in [1.54, 1.807) is 36.5 Å². The van der Waals surface area contributed by atoms with Gasteiger partial charge in [0.15, 0.2) is 0 Å². The third-order valence-corrected chi connectivity index (χ3v) is 5.38. The molecule has 3 amide bonds. The number of anilines is 2. The number of halogens is 1. The Morgan fingerprint density at radius 2 is 2.14 bits per heavy atom. The summed E-state index contributed by atoms with van der Waals surface area (Å²) in [5.41, 5.74) is 1.13. The summed E-state index contributed by atoms with van der Waals surface area (Å²) in [6, 6.07) is 10.9. The highest BCUT2D eigenvalue weighted by Crippen LogP contribution is 2.22. The van der Waals surface area contributed by atoms with Crippen LogP contribution >= 0.6 is 11.6 Å². The van der Waals surface area contributed by atoms with Crippen LogP contribution in [-0.2, 0) is 0 Å². The third-order valence-electron chi connectivity index (χ3n) is 5.14. The minimum atomic E-state index is -0.230. The minimum Gasteiger partial charge on any atom is -0.355 e. The molecule has 0 spiro atoms. The predicted octanol–water partition coefficient (Wildman–Crippen LogP) is 2.98. The van der Waals surface area contributed by atoms with Gasteiger partial charge in [-0.1, -0.05) is 17.7 Å². The molecule has 2 aromatic rings. The van der Waals surface area contributed by atoms with E-state index in [9.17, 15) is 9.59 Å². The van der Waals surface area contributed by atoms with Gasteiger partial charge in [-0.2, -0.15) is 0 Å². The lowest BCUT2D eigenvalue weighted by Crippen LogP contribution is -2.49. The summed E-state index contributed by atoms with van der Waals surface area (Å²) in [4.78, 5) is 32.9. The second-order valence-corrected chi connectivity index (χ2v) is 7.47. The molecule has 2 aliphatic heterocycles. The quantitative estimate of drug-likeness (QED) is 0.828. The van der Waals surface area contributed by atoms with Gasteiger partial charge < -0.3 is 20.4 Å². The smallest absolute Gasteiger partial charge is 0.317 e. The van der Waals surface area contributed by atoms with Crippen LogP contribution in [0.4, 0.5) is 16.3 Å². The molecular weight excluding hydrogens is 378 g/mol. The van der Waals surface area contributed by atoms with E-state index in [4.69, 9.17) is 11.6 Å². The maximum atomic E-state index is 12.4. The van der Waals surface area contributed by atoms with E-state index in [0.29, 0.717) is 22.8 Å². The first-order valence-electron chi connectivity index (χ1n) is 9.42. The highest BCUT2D eigenvalue weighted by atomic mass is 35.5. The molecule has 1 atom stereocenters. The summed E-state index contributed by atoms with van der Waals surface area (Å²) in [6.45, 7) is 3.12. The summed E-state index contributed by atoms with van der Waals surface area (Å²) < 4.78 is 0. The molecular formula is C20H22ClN5O2. The van der Waals surface area contributed by atoms with E-state index in [-0.39, 0.29) is 18.0 Å². The Morgan fingerprint density at radius 3 is 2.86 bits per heavy atom. The first-order valence-corrected chi connectivity index (χ1v) is 9.80. The number of aromatic nitrogens is 1. The van der Waals surface area contributed by atoms with Crippen molar-refractivity contribution in [3.8, 4) is 0 Å². The number of amides is 3. The van der Waals surface area contributed by atoms with E-state index >= 15 is 0 Å². The Hall–Kier alpha value is -2.80. The molecule has 2 N–H and O–H groups in total. The summed E-state index contributed by atoms with van der Waals surface area (Å²) in [5, 5.41) is 6.25. The van der Waals surface area contributed by atoms with Gasteiger partial charge in [0.05, 0.1) is 11.6 Å². The molecule has 3 heterocycles. The zero-order valence-electron chi connectivity index (χ0n) is 15.4. The van der Waals surface area contributed by atoms with Crippen molar-refractivity contribution in [3.05, 3.63) is 53.2 Å². The normalized spacial score (nSPS) is 19.5. The van der Waals surface area contributed by atoms with Gasteiger partial charge in [0, 0.05) is 43.1 Å². The molecule has 1 aromatic carbocycles. The minimum absolute atomic E-state index is 0.0212. The van der Waals surface area contributed by atoms with Crippen LogP contribution in [0.3, 0.4) is 0 Å². The van der Waals surface area contributed by atoms with Gasteiger partial charge in [-0.05, 0) is 43.2 Å². The van der Waals surface area contributed by atoms with E-state index in [2.05, 4.69) is 20.5 Å². The summed E-state index contributed by atoms with van der Waals surface area (Å²) in [5.74, 6) is 0.593. The fraction of sp³-hybridized carbons (Fsp3) is 0.350. The number of nitrogens with zero attached hydrogens (tertiary/aromatic N) is 3. The first-order chi connectivity index (χ1) is 13.6. The number of piperidine rings is 1. The lowest BCUT2D eigenvalue weighted by molar-refractivity contribution is 0.102. The van der Waals surface area contributed by atoms with Crippen LogP contribution in [0.25, 0.3) is 0 Å². The number of carbonyl (C=O) groups is 2. The molecule has 7 nitrogen and oxygen atoms in total. The van der Waals surface area contributed by atoms with Gasteiger partial charge in [-0.25, -0.2) is 9.78 Å². The average Bonchev–Trinajstić information content (AvgIpc) is 3.14. The Bertz CT molecular complexity index is 873. The zero-order valence-corrected chi connectivity index (χ0v) is 16.2. The van der Waals surface area contributed by atoms with Crippen LogP contribution in [0, 0.1) is 0 Å². The molecule has 8 heteroatoms. The van der Waals surface area contributed by atoms with Crippen molar-refractivity contribution in [3.63, 3.8) is 0 Å². The standard InChI is InChI=1S/C20H22ClN5O2/c21-15-3-1-4-16(11-15)24-19(27)14-6-7-18(23-12-14)25-9-2-5-17(13-25)26-10-8-22-20(26)28/h1,3-4,6-7,11-12,17H,2,5,8-10,13H2,(H,22,28)(H,24,27). The van der Waals surface area contributed by atoms with Crippen LogP contribution in [0.2, 0.25) is 5.02 Å². The van der Waals surface area contributed by atoms with Crippen LogP contribution in [-0.4, -0.2) is 54.0 Å². The zero-order chi connectivity index (χ0) is 19.5. The lowest BCUT2D eigenvalue weighted by atomic mass is 10.0. The second-order valence-electron chi connectivity index (χ2n) is 7.04. The van der Waals surface area contributed by atoms with Gasteiger partial charge in [0.2, 0.25) is 0 Å². The lowest BCUT2D eigenvalue weighted by Gasteiger charge is -2.37. The number of hydrogen-bond acceptors (Lipinski definition) is 4. The number of carbonyl (C=O) groups excluding carboxylic acids is 2. The molecule has 1 unspecified atom stereocenters. The molecule has 2 aliphatic rings. The number of benzene rings is 1. The monoisotopic (exact) mass is 399 g/mol. The summed E-state index contributed by atoms with van der Waals surface area (Å²) in [6.07, 6.45) is 3.60. The molecule has 2 saturated heterocycles. The first kappa shape index (κ1) is 18.6. The van der Waals surface area contributed by atoms with Gasteiger partial charge >= 0.3 is 6.03 Å². The number of rotatable bonds is 4. The van der Waals surface area contributed by atoms with Crippen molar-refractivity contribution in [1.29, 1.82) is 0 Å². The van der Waals surface area contributed by atoms with E-state index in [0.717, 1.165) is 38.3 Å².